The number of ether oxygens (including phenoxy) is 1. The highest BCUT2D eigenvalue weighted by atomic mass is 19.4. The van der Waals surface area contributed by atoms with Gasteiger partial charge in [-0.3, -0.25) is 0 Å². The van der Waals surface area contributed by atoms with Crippen molar-refractivity contribution in [3.05, 3.63) is 17.7 Å². The van der Waals surface area contributed by atoms with E-state index in [-0.39, 0.29) is 18.3 Å². The monoisotopic (exact) mass is 291 g/mol. The first-order chi connectivity index (χ1) is 9.32. The number of halogens is 3. The molecule has 0 aromatic carbocycles. The molecule has 0 unspecified atom stereocenters. The molecular weight excluding hydrogens is 271 g/mol. The minimum absolute atomic E-state index is 0.0136. The van der Waals surface area contributed by atoms with Crippen LogP contribution >= 0.6 is 0 Å². The lowest BCUT2D eigenvalue weighted by atomic mass is 10.2. The van der Waals surface area contributed by atoms with Gasteiger partial charge in [-0.25, -0.2) is 0 Å². The summed E-state index contributed by atoms with van der Waals surface area (Å²) in [5.74, 6) is 0.168. The van der Waals surface area contributed by atoms with Gasteiger partial charge in [0.05, 0.1) is 5.56 Å². The minimum atomic E-state index is -4.41. The van der Waals surface area contributed by atoms with E-state index < -0.39 is 11.7 Å². The average Bonchev–Trinajstić information content (AvgIpc) is 2.34. The van der Waals surface area contributed by atoms with Gasteiger partial charge in [0.15, 0.2) is 0 Å². The van der Waals surface area contributed by atoms with Gasteiger partial charge in [0.2, 0.25) is 5.88 Å². The molecule has 1 N–H and O–H groups in total. The molecule has 1 aromatic rings. The maximum atomic E-state index is 12.8. The smallest absolute Gasteiger partial charge is 0.416 e. The first kappa shape index (κ1) is 16.6. The third kappa shape index (κ3) is 5.64. The molecule has 0 spiro atoms. The number of aromatic nitrogens is 1. The summed E-state index contributed by atoms with van der Waals surface area (Å²) in [5.41, 5.74) is -0.758. The molecule has 4 nitrogen and oxygen atoms in total. The van der Waals surface area contributed by atoms with Crippen molar-refractivity contribution in [1.82, 2.24) is 9.88 Å². The number of hydrogen-bond acceptors (Lipinski definition) is 4. The van der Waals surface area contributed by atoms with Crippen LogP contribution in [0, 0.1) is 0 Å². The second kappa shape index (κ2) is 7.33. The van der Waals surface area contributed by atoms with Crippen LogP contribution in [0.5, 0.6) is 5.88 Å². The quantitative estimate of drug-likeness (QED) is 0.838. The molecular formula is C13H20F3N3O. The van der Waals surface area contributed by atoms with Crippen molar-refractivity contribution in [3.8, 4) is 5.88 Å². The van der Waals surface area contributed by atoms with Crippen molar-refractivity contribution in [1.29, 1.82) is 0 Å². The van der Waals surface area contributed by atoms with E-state index in [1.165, 1.54) is 0 Å². The molecule has 0 saturated heterocycles. The van der Waals surface area contributed by atoms with Gasteiger partial charge in [0.25, 0.3) is 0 Å². The van der Waals surface area contributed by atoms with Gasteiger partial charge in [0.1, 0.15) is 12.4 Å². The lowest BCUT2D eigenvalue weighted by Gasteiger charge is -2.14. The molecule has 0 saturated carbocycles. The molecule has 1 rings (SSSR count). The number of pyridine rings is 1. The van der Waals surface area contributed by atoms with Crippen molar-refractivity contribution in [2.24, 2.45) is 0 Å². The Kier molecular flexibility index (Phi) is 6.06. The average molecular weight is 291 g/mol. The summed E-state index contributed by atoms with van der Waals surface area (Å²) < 4.78 is 43.7. The number of alkyl halides is 3. The van der Waals surface area contributed by atoms with Crippen molar-refractivity contribution in [3.63, 3.8) is 0 Å². The number of anilines is 1. The van der Waals surface area contributed by atoms with E-state index in [4.69, 9.17) is 4.74 Å². The standard InChI is InChI=1S/C13H20F3N3O/c1-4-5-17-11-8-10(13(14,15)16)9-12(18-11)20-7-6-19(2)3/h8-9H,4-7H2,1-3H3,(H,17,18). The zero-order chi connectivity index (χ0) is 15.2. The summed E-state index contributed by atoms with van der Waals surface area (Å²) in [7, 11) is 3.72. The van der Waals surface area contributed by atoms with Gasteiger partial charge in [-0.05, 0) is 26.6 Å². The van der Waals surface area contributed by atoms with Crippen molar-refractivity contribution < 1.29 is 17.9 Å². The summed E-state index contributed by atoms with van der Waals surface area (Å²) in [4.78, 5) is 5.91. The molecule has 0 aliphatic carbocycles. The van der Waals surface area contributed by atoms with E-state index in [0.717, 1.165) is 18.6 Å². The molecule has 0 aliphatic heterocycles. The Morgan fingerprint density at radius 1 is 1.30 bits per heavy atom. The summed E-state index contributed by atoms with van der Waals surface area (Å²) in [6.45, 7) is 3.38. The molecule has 0 aliphatic rings. The van der Waals surface area contributed by atoms with E-state index in [0.29, 0.717) is 13.1 Å². The van der Waals surface area contributed by atoms with Gasteiger partial charge in [-0.2, -0.15) is 18.2 Å². The third-order valence-electron chi connectivity index (χ3n) is 2.47. The topological polar surface area (TPSA) is 37.4 Å². The highest BCUT2D eigenvalue weighted by Crippen LogP contribution is 2.32. The zero-order valence-electron chi connectivity index (χ0n) is 11.9. The molecule has 0 fully saturated rings. The Balaban J connectivity index is 2.86. The lowest BCUT2D eigenvalue weighted by molar-refractivity contribution is -0.137. The predicted molar refractivity (Wildman–Crippen MR) is 72.1 cm³/mol. The van der Waals surface area contributed by atoms with Crippen LogP contribution in [0.2, 0.25) is 0 Å². The van der Waals surface area contributed by atoms with Crippen LogP contribution < -0.4 is 10.1 Å². The zero-order valence-corrected chi connectivity index (χ0v) is 11.9. The molecule has 1 heterocycles. The van der Waals surface area contributed by atoms with Crippen LogP contribution in [0.3, 0.4) is 0 Å². The van der Waals surface area contributed by atoms with E-state index >= 15 is 0 Å². The largest absolute Gasteiger partial charge is 0.476 e. The van der Waals surface area contributed by atoms with Gasteiger partial charge < -0.3 is 15.0 Å². The van der Waals surface area contributed by atoms with Crippen molar-refractivity contribution in [2.75, 3.05) is 39.1 Å². The van der Waals surface area contributed by atoms with Crippen molar-refractivity contribution in [2.45, 2.75) is 19.5 Å². The Morgan fingerprint density at radius 2 is 2.00 bits per heavy atom. The third-order valence-corrected chi connectivity index (χ3v) is 2.47. The van der Waals surface area contributed by atoms with Crippen molar-refractivity contribution >= 4 is 5.82 Å². The highest BCUT2D eigenvalue weighted by Gasteiger charge is 2.32. The first-order valence-electron chi connectivity index (χ1n) is 6.43. The summed E-state index contributed by atoms with van der Waals surface area (Å²) in [5, 5.41) is 2.84. The lowest BCUT2D eigenvalue weighted by Crippen LogP contribution is -2.20. The number of rotatable bonds is 7. The van der Waals surface area contributed by atoms with E-state index in [9.17, 15) is 13.2 Å². The van der Waals surface area contributed by atoms with Gasteiger partial charge >= 0.3 is 6.18 Å². The highest BCUT2D eigenvalue weighted by molar-refractivity contribution is 5.42. The molecule has 0 amide bonds. The van der Waals surface area contributed by atoms with E-state index in [1.807, 2.05) is 25.9 Å². The fraction of sp³-hybridized carbons (Fsp3) is 0.615. The Morgan fingerprint density at radius 3 is 2.55 bits per heavy atom. The fourth-order valence-electron chi connectivity index (χ4n) is 1.42. The molecule has 7 heteroatoms. The maximum Gasteiger partial charge on any atom is 0.416 e. The molecule has 114 valence electrons. The van der Waals surface area contributed by atoms with Gasteiger partial charge in [0, 0.05) is 19.2 Å². The number of likely N-dealkylation sites (N-methyl/N-ethyl adjacent to an activating group) is 1. The number of nitrogens with one attached hydrogen (secondary N) is 1. The maximum absolute atomic E-state index is 12.8. The molecule has 20 heavy (non-hydrogen) atoms. The molecule has 1 aromatic heterocycles. The van der Waals surface area contributed by atoms with Gasteiger partial charge in [-0.1, -0.05) is 6.92 Å². The van der Waals surface area contributed by atoms with Gasteiger partial charge in [-0.15, -0.1) is 0 Å². The summed E-state index contributed by atoms with van der Waals surface area (Å²) >= 11 is 0. The first-order valence-corrected chi connectivity index (χ1v) is 6.43. The summed E-state index contributed by atoms with van der Waals surface area (Å²) in [6.07, 6.45) is -3.61. The SMILES string of the molecule is CCCNc1cc(C(F)(F)F)cc(OCCN(C)C)n1. The number of hydrogen-bond donors (Lipinski definition) is 1. The van der Waals surface area contributed by atoms with Crippen LogP contribution in [0.1, 0.15) is 18.9 Å². The Bertz CT molecular complexity index is 422. The minimum Gasteiger partial charge on any atom is -0.476 e. The Hall–Kier alpha value is -1.50. The van der Waals surface area contributed by atoms with Crippen LogP contribution in [-0.2, 0) is 6.18 Å². The van der Waals surface area contributed by atoms with E-state index in [1.54, 1.807) is 0 Å². The molecule has 0 bridgehead atoms. The predicted octanol–water partition coefficient (Wildman–Crippen LogP) is 2.86. The normalized spacial score (nSPS) is 11.8. The second-order valence-electron chi connectivity index (χ2n) is 4.66. The second-order valence-corrected chi connectivity index (χ2v) is 4.66. The van der Waals surface area contributed by atoms with Crippen LogP contribution in [0.4, 0.5) is 19.0 Å². The van der Waals surface area contributed by atoms with Crippen LogP contribution in [-0.4, -0.2) is 43.7 Å². The molecule has 0 atom stereocenters. The molecule has 0 radical (unpaired) electrons. The number of nitrogens with zero attached hydrogens (tertiary/aromatic N) is 2. The van der Waals surface area contributed by atoms with Crippen LogP contribution in [0.25, 0.3) is 0 Å². The summed E-state index contributed by atoms with van der Waals surface area (Å²) in [6, 6.07) is 1.92. The van der Waals surface area contributed by atoms with E-state index in [2.05, 4.69) is 10.3 Å². The fourth-order valence-corrected chi connectivity index (χ4v) is 1.42. The Labute approximate surface area is 116 Å². The van der Waals surface area contributed by atoms with Crippen LogP contribution in [0.15, 0.2) is 12.1 Å².